The van der Waals surface area contributed by atoms with Crippen molar-refractivity contribution in [1.82, 2.24) is 14.5 Å². The Kier molecular flexibility index (Phi) is 4.59. The summed E-state index contributed by atoms with van der Waals surface area (Å²) in [5, 5.41) is 3.98. The van der Waals surface area contributed by atoms with Gasteiger partial charge in [0.15, 0.2) is 0 Å². The van der Waals surface area contributed by atoms with E-state index in [0.717, 1.165) is 12.8 Å². The van der Waals surface area contributed by atoms with Gasteiger partial charge in [-0.05, 0) is 24.7 Å². The molecule has 0 radical (unpaired) electrons. The lowest BCUT2D eigenvalue weighted by Crippen LogP contribution is -2.28. The summed E-state index contributed by atoms with van der Waals surface area (Å²) in [6.07, 6.45) is 6.30. The Labute approximate surface area is 114 Å². The van der Waals surface area contributed by atoms with Gasteiger partial charge in [-0.3, -0.25) is 4.68 Å². The second-order valence-electron chi connectivity index (χ2n) is 5.36. The van der Waals surface area contributed by atoms with Crippen molar-refractivity contribution in [3.05, 3.63) is 12.4 Å². The molecule has 2 rings (SSSR count). The summed E-state index contributed by atoms with van der Waals surface area (Å²) < 4.78 is 28.4. The van der Waals surface area contributed by atoms with E-state index in [1.54, 1.807) is 4.68 Å². The van der Waals surface area contributed by atoms with Crippen molar-refractivity contribution in [3.63, 3.8) is 0 Å². The Bertz CT molecular complexity index is 512. The average Bonchev–Trinajstić information content (AvgIpc) is 2.97. The Morgan fingerprint density at radius 1 is 1.53 bits per heavy atom. The summed E-state index contributed by atoms with van der Waals surface area (Å²) in [6, 6.07) is 0. The first-order valence-electron chi connectivity index (χ1n) is 6.73. The van der Waals surface area contributed by atoms with Gasteiger partial charge in [-0.2, -0.15) is 5.10 Å². The highest BCUT2D eigenvalue weighted by molar-refractivity contribution is 7.89. The zero-order valence-corrected chi connectivity index (χ0v) is 12.1. The number of nitrogens with one attached hydrogen (secondary N) is 1. The number of rotatable bonds is 6. The fourth-order valence-corrected chi connectivity index (χ4v) is 3.63. The van der Waals surface area contributed by atoms with Gasteiger partial charge in [-0.1, -0.05) is 13.3 Å². The second-order valence-corrected chi connectivity index (χ2v) is 7.13. The van der Waals surface area contributed by atoms with Crippen LogP contribution in [-0.2, 0) is 16.6 Å². The molecule has 19 heavy (non-hydrogen) atoms. The van der Waals surface area contributed by atoms with E-state index in [2.05, 4.69) is 16.7 Å². The summed E-state index contributed by atoms with van der Waals surface area (Å²) in [4.78, 5) is 0.215. The number of nitrogens with two attached hydrogens (primary N) is 1. The summed E-state index contributed by atoms with van der Waals surface area (Å²) >= 11 is 0. The predicted molar refractivity (Wildman–Crippen MR) is 73.0 cm³/mol. The van der Waals surface area contributed by atoms with E-state index in [1.807, 2.05) is 0 Å². The predicted octanol–water partition coefficient (Wildman–Crippen LogP) is 0.556. The van der Waals surface area contributed by atoms with Crippen LogP contribution in [0, 0.1) is 11.8 Å². The molecule has 108 valence electrons. The first kappa shape index (κ1) is 14.5. The van der Waals surface area contributed by atoms with Gasteiger partial charge in [0, 0.05) is 19.3 Å². The first-order valence-corrected chi connectivity index (χ1v) is 8.22. The quantitative estimate of drug-likeness (QED) is 0.799. The van der Waals surface area contributed by atoms with Crippen LogP contribution < -0.4 is 10.5 Å². The number of nitrogens with zero attached hydrogens (tertiary/aromatic N) is 2. The maximum atomic E-state index is 12.1. The summed E-state index contributed by atoms with van der Waals surface area (Å²) in [5.41, 5.74) is 5.41. The van der Waals surface area contributed by atoms with Crippen molar-refractivity contribution in [2.45, 2.75) is 37.6 Å². The molecule has 1 aromatic heterocycles. The lowest BCUT2D eigenvalue weighted by molar-refractivity contribution is 0.498. The molecule has 1 aliphatic carbocycles. The monoisotopic (exact) mass is 286 g/mol. The number of aromatic nitrogens is 2. The van der Waals surface area contributed by atoms with Gasteiger partial charge in [-0.25, -0.2) is 13.1 Å². The van der Waals surface area contributed by atoms with E-state index in [0.29, 0.717) is 31.5 Å². The standard InChI is InChI=1S/C12H22N4O2S/c1-10-2-3-11(6-10)7-15-19(17,18)12-8-14-16(9-12)5-4-13/h8-11,15H,2-7,13H2,1H3. The number of hydrogen-bond donors (Lipinski definition) is 2. The normalized spacial score (nSPS) is 23.9. The van der Waals surface area contributed by atoms with Crippen LogP contribution in [0.4, 0.5) is 0 Å². The largest absolute Gasteiger partial charge is 0.329 e. The van der Waals surface area contributed by atoms with Crippen LogP contribution in [0.15, 0.2) is 17.3 Å². The molecule has 0 spiro atoms. The van der Waals surface area contributed by atoms with Crippen LogP contribution in [0.1, 0.15) is 26.2 Å². The number of sulfonamides is 1. The zero-order chi connectivity index (χ0) is 13.9. The van der Waals surface area contributed by atoms with Gasteiger partial charge >= 0.3 is 0 Å². The molecule has 0 saturated heterocycles. The van der Waals surface area contributed by atoms with Crippen LogP contribution in [0.3, 0.4) is 0 Å². The van der Waals surface area contributed by atoms with Crippen LogP contribution in [0.5, 0.6) is 0 Å². The van der Waals surface area contributed by atoms with Gasteiger partial charge in [-0.15, -0.1) is 0 Å². The molecular formula is C12H22N4O2S. The van der Waals surface area contributed by atoms with Gasteiger partial charge in [0.25, 0.3) is 0 Å². The molecule has 1 aliphatic rings. The fourth-order valence-electron chi connectivity index (χ4n) is 2.56. The minimum atomic E-state index is -3.44. The molecule has 1 fully saturated rings. The van der Waals surface area contributed by atoms with Crippen LogP contribution in [0.2, 0.25) is 0 Å². The van der Waals surface area contributed by atoms with E-state index in [1.165, 1.54) is 18.8 Å². The summed E-state index contributed by atoms with van der Waals surface area (Å²) in [6.45, 7) is 3.70. The molecule has 0 bridgehead atoms. The van der Waals surface area contributed by atoms with Gasteiger partial charge in [0.2, 0.25) is 10.0 Å². The van der Waals surface area contributed by atoms with Crippen molar-refractivity contribution in [2.24, 2.45) is 17.6 Å². The topological polar surface area (TPSA) is 90.0 Å². The van der Waals surface area contributed by atoms with Crippen LogP contribution >= 0.6 is 0 Å². The van der Waals surface area contributed by atoms with E-state index >= 15 is 0 Å². The second kappa shape index (κ2) is 6.02. The Balaban J connectivity index is 1.93. The van der Waals surface area contributed by atoms with Gasteiger partial charge < -0.3 is 5.73 Å². The molecule has 0 amide bonds. The lowest BCUT2D eigenvalue weighted by atomic mass is 10.1. The minimum Gasteiger partial charge on any atom is -0.329 e. The zero-order valence-electron chi connectivity index (χ0n) is 11.2. The highest BCUT2D eigenvalue weighted by Crippen LogP contribution is 2.29. The van der Waals surface area contributed by atoms with Crippen molar-refractivity contribution in [1.29, 1.82) is 0 Å². The summed E-state index contributed by atoms with van der Waals surface area (Å²) in [5.74, 6) is 1.17. The maximum Gasteiger partial charge on any atom is 0.243 e. The average molecular weight is 286 g/mol. The molecule has 1 aromatic rings. The first-order chi connectivity index (χ1) is 9.01. The third kappa shape index (κ3) is 3.77. The van der Waals surface area contributed by atoms with Crippen molar-refractivity contribution >= 4 is 10.0 Å². The van der Waals surface area contributed by atoms with Crippen LogP contribution in [0.25, 0.3) is 0 Å². The molecule has 3 N–H and O–H groups in total. The molecule has 2 atom stereocenters. The molecule has 7 heteroatoms. The summed E-state index contributed by atoms with van der Waals surface area (Å²) in [7, 11) is -3.44. The maximum absolute atomic E-state index is 12.1. The molecule has 0 aliphatic heterocycles. The molecule has 1 saturated carbocycles. The Morgan fingerprint density at radius 3 is 2.95 bits per heavy atom. The third-order valence-corrected chi connectivity index (χ3v) is 5.02. The van der Waals surface area contributed by atoms with Crippen LogP contribution in [-0.4, -0.2) is 31.3 Å². The van der Waals surface area contributed by atoms with Crippen molar-refractivity contribution in [3.8, 4) is 0 Å². The fraction of sp³-hybridized carbons (Fsp3) is 0.750. The van der Waals surface area contributed by atoms with Gasteiger partial charge in [0.1, 0.15) is 4.90 Å². The van der Waals surface area contributed by atoms with E-state index in [4.69, 9.17) is 5.73 Å². The highest BCUT2D eigenvalue weighted by atomic mass is 32.2. The van der Waals surface area contributed by atoms with Gasteiger partial charge in [0.05, 0.1) is 12.7 Å². The van der Waals surface area contributed by atoms with E-state index in [9.17, 15) is 8.42 Å². The van der Waals surface area contributed by atoms with E-state index < -0.39 is 10.0 Å². The molecule has 1 heterocycles. The molecule has 2 unspecified atom stereocenters. The molecular weight excluding hydrogens is 264 g/mol. The lowest BCUT2D eigenvalue weighted by Gasteiger charge is -2.10. The van der Waals surface area contributed by atoms with Crippen molar-refractivity contribution < 1.29 is 8.42 Å². The molecule has 0 aromatic carbocycles. The van der Waals surface area contributed by atoms with Crippen molar-refractivity contribution in [2.75, 3.05) is 13.1 Å². The number of hydrogen-bond acceptors (Lipinski definition) is 4. The smallest absolute Gasteiger partial charge is 0.243 e. The molecule has 6 nitrogen and oxygen atoms in total. The Hall–Kier alpha value is -0.920. The van der Waals surface area contributed by atoms with E-state index in [-0.39, 0.29) is 4.90 Å². The highest BCUT2D eigenvalue weighted by Gasteiger charge is 2.24. The minimum absolute atomic E-state index is 0.215. The Morgan fingerprint density at radius 2 is 2.32 bits per heavy atom. The third-order valence-electron chi connectivity index (χ3n) is 3.64. The SMILES string of the molecule is CC1CCC(CNS(=O)(=O)c2cnn(CCN)c2)C1.